The zero-order chi connectivity index (χ0) is 24.2. The topological polar surface area (TPSA) is 73.5 Å². The smallest absolute Gasteiger partial charge is 0.100 e. The van der Waals surface area contributed by atoms with Crippen LogP contribution >= 0.6 is 0 Å². The fourth-order valence-corrected chi connectivity index (χ4v) is 2.87. The fourth-order valence-electron chi connectivity index (χ4n) is 2.87. The molecule has 1 aromatic rings. The molecular formula is C22H44N6O3. The summed E-state index contributed by atoms with van der Waals surface area (Å²) < 4.78 is 0. The van der Waals surface area contributed by atoms with Crippen molar-refractivity contribution in [3.63, 3.8) is 0 Å². The van der Waals surface area contributed by atoms with Crippen molar-refractivity contribution in [2.45, 2.75) is 85.9 Å². The Bertz CT molecular complexity index is 662. The van der Waals surface area contributed by atoms with E-state index < -0.39 is 0 Å². The summed E-state index contributed by atoms with van der Waals surface area (Å²) in [5, 5.41) is 5.13. The number of aryl methyl sites for hydroxylation is 1. The van der Waals surface area contributed by atoms with Crippen LogP contribution in [0.25, 0.3) is 0 Å². The predicted octanol–water partition coefficient (Wildman–Crippen LogP) is 4.96. The Balaban J connectivity index is 3.59. The third kappa shape index (κ3) is 7.78. The summed E-state index contributed by atoms with van der Waals surface area (Å²) >= 11 is 0. The monoisotopic (exact) mass is 440 g/mol. The molecule has 180 valence electrons. The van der Waals surface area contributed by atoms with Gasteiger partial charge < -0.3 is 0 Å². The van der Waals surface area contributed by atoms with Gasteiger partial charge in [0.25, 0.3) is 0 Å². The molecule has 0 saturated carbocycles. The second kappa shape index (κ2) is 10.3. The van der Waals surface area contributed by atoms with Crippen LogP contribution in [-0.2, 0) is 14.5 Å². The van der Waals surface area contributed by atoms with Crippen LogP contribution in [0.1, 0.15) is 67.9 Å². The van der Waals surface area contributed by atoms with E-state index >= 15 is 0 Å². The molecule has 31 heavy (non-hydrogen) atoms. The van der Waals surface area contributed by atoms with Crippen molar-refractivity contribution < 1.29 is 14.5 Å². The van der Waals surface area contributed by atoms with E-state index in [9.17, 15) is 0 Å². The van der Waals surface area contributed by atoms with Crippen LogP contribution in [0.4, 0.5) is 17.1 Å². The minimum Gasteiger partial charge on any atom is -0.294 e. The van der Waals surface area contributed by atoms with Crippen LogP contribution in [0, 0.1) is 6.92 Å². The number of hydrazine groups is 3. The normalized spacial score (nSPS) is 13.3. The van der Waals surface area contributed by atoms with Gasteiger partial charge in [-0.25, -0.2) is 0 Å². The lowest BCUT2D eigenvalue weighted by atomic mass is 10.1. The van der Waals surface area contributed by atoms with Crippen LogP contribution < -0.4 is 16.3 Å². The Morgan fingerprint density at radius 1 is 0.581 bits per heavy atom. The summed E-state index contributed by atoms with van der Waals surface area (Å²) in [5.74, 6) is 0. The van der Waals surface area contributed by atoms with Crippen molar-refractivity contribution in [3.8, 4) is 0 Å². The Kier molecular flexibility index (Phi) is 9.14. The van der Waals surface area contributed by atoms with E-state index in [4.69, 9.17) is 14.5 Å². The third-order valence-electron chi connectivity index (χ3n) is 4.32. The summed E-state index contributed by atoms with van der Waals surface area (Å²) in [5.41, 5.74) is 12.8. The first-order chi connectivity index (χ1) is 14.0. The lowest BCUT2D eigenvalue weighted by molar-refractivity contribution is -0.170. The molecule has 0 aromatic heterocycles. The Labute approximate surface area is 188 Å². The number of rotatable bonds is 9. The molecule has 0 unspecified atom stereocenters. The quantitative estimate of drug-likeness (QED) is 0.462. The van der Waals surface area contributed by atoms with Crippen molar-refractivity contribution in [2.75, 3.05) is 37.6 Å². The number of anilines is 3. The molecule has 0 atom stereocenters. The molecule has 0 saturated heterocycles. The van der Waals surface area contributed by atoms with Crippen LogP contribution in [0.3, 0.4) is 0 Å². The summed E-state index contributed by atoms with van der Waals surface area (Å²) in [6.45, 7) is 20.6. The first-order valence-electron chi connectivity index (χ1n) is 10.5. The molecule has 0 aliphatic carbocycles. The second-order valence-corrected chi connectivity index (χ2v) is 10.5. The van der Waals surface area contributed by atoms with Gasteiger partial charge in [-0.2, -0.15) is 0 Å². The zero-order valence-electron chi connectivity index (χ0n) is 21.7. The van der Waals surface area contributed by atoms with Gasteiger partial charge in [0.15, 0.2) is 0 Å². The molecular weight excluding hydrogens is 396 g/mol. The number of hydrogen-bond donors (Lipinski definition) is 3. The van der Waals surface area contributed by atoms with E-state index in [1.807, 2.05) is 6.92 Å². The van der Waals surface area contributed by atoms with E-state index in [0.717, 1.165) is 22.6 Å². The summed E-state index contributed by atoms with van der Waals surface area (Å²) in [4.78, 5) is 16.8. The first-order valence-corrected chi connectivity index (χ1v) is 10.5. The van der Waals surface area contributed by atoms with Crippen molar-refractivity contribution >= 4 is 17.1 Å². The molecule has 0 radical (unpaired) electrons. The van der Waals surface area contributed by atoms with Gasteiger partial charge in [0.05, 0.1) is 49.3 Å². The zero-order valence-corrected chi connectivity index (χ0v) is 21.7. The average Bonchev–Trinajstić information content (AvgIpc) is 2.59. The Morgan fingerprint density at radius 3 is 1.13 bits per heavy atom. The molecule has 0 aliphatic rings. The molecule has 1 aromatic carbocycles. The molecule has 0 fully saturated rings. The van der Waals surface area contributed by atoms with Crippen molar-refractivity contribution in [2.24, 2.45) is 0 Å². The highest BCUT2D eigenvalue weighted by Gasteiger charge is 2.29. The van der Waals surface area contributed by atoms with Crippen molar-refractivity contribution in [1.29, 1.82) is 0 Å². The summed E-state index contributed by atoms with van der Waals surface area (Å²) in [6.07, 6.45) is 0. The maximum atomic E-state index is 5.63. The van der Waals surface area contributed by atoms with Crippen LogP contribution in [0.5, 0.6) is 0 Å². The van der Waals surface area contributed by atoms with Gasteiger partial charge in [-0.3, -0.25) is 30.8 Å². The molecule has 0 spiro atoms. The summed E-state index contributed by atoms with van der Waals surface area (Å²) in [6, 6.07) is 4.10. The predicted molar refractivity (Wildman–Crippen MR) is 128 cm³/mol. The van der Waals surface area contributed by atoms with E-state index in [-0.39, 0.29) is 16.6 Å². The van der Waals surface area contributed by atoms with E-state index in [2.05, 4.69) is 90.7 Å². The molecule has 0 bridgehead atoms. The molecule has 1 rings (SSSR count). The number of hydroxylamine groups is 3. The molecule has 0 aliphatic heterocycles. The lowest BCUT2D eigenvalue weighted by Crippen LogP contribution is -2.47. The minimum absolute atomic E-state index is 0.279. The second-order valence-electron chi connectivity index (χ2n) is 10.5. The van der Waals surface area contributed by atoms with Crippen LogP contribution in [-0.4, -0.2) is 53.5 Å². The minimum atomic E-state index is -0.301. The van der Waals surface area contributed by atoms with Gasteiger partial charge in [0.1, 0.15) is 5.69 Å². The number of nitrogens with one attached hydrogen (secondary N) is 3. The largest absolute Gasteiger partial charge is 0.294 e. The van der Waals surface area contributed by atoms with E-state index in [0.29, 0.717) is 0 Å². The van der Waals surface area contributed by atoms with Gasteiger partial charge in [0.2, 0.25) is 0 Å². The van der Waals surface area contributed by atoms with Gasteiger partial charge >= 0.3 is 0 Å². The highest BCUT2D eigenvalue weighted by Crippen LogP contribution is 2.36. The van der Waals surface area contributed by atoms with E-state index in [1.54, 1.807) is 36.8 Å². The van der Waals surface area contributed by atoms with Crippen molar-refractivity contribution in [3.05, 3.63) is 17.7 Å². The maximum Gasteiger partial charge on any atom is 0.100 e. The van der Waals surface area contributed by atoms with Gasteiger partial charge in [-0.05, 0) is 86.9 Å². The third-order valence-corrected chi connectivity index (χ3v) is 4.32. The molecule has 9 heteroatoms. The SMILES string of the molecule is CON(Nc1cc(C)cc(NN(OC)C(C)(C)C)c1NN(OC)C(C)(C)C)C(C)(C)C. The Morgan fingerprint density at radius 2 is 0.871 bits per heavy atom. The van der Waals surface area contributed by atoms with E-state index in [1.165, 1.54) is 0 Å². The number of benzene rings is 1. The number of nitrogens with zero attached hydrogens (tertiary/aromatic N) is 3. The first kappa shape index (κ1) is 27.4. The van der Waals surface area contributed by atoms with Gasteiger partial charge in [-0.1, -0.05) is 15.5 Å². The van der Waals surface area contributed by atoms with Crippen molar-refractivity contribution in [1.82, 2.24) is 15.5 Å². The average molecular weight is 441 g/mol. The molecule has 0 amide bonds. The Hall–Kier alpha value is -1.62. The highest BCUT2D eigenvalue weighted by molar-refractivity contribution is 5.83. The summed E-state index contributed by atoms with van der Waals surface area (Å²) in [7, 11) is 4.92. The lowest BCUT2D eigenvalue weighted by Gasteiger charge is -2.39. The van der Waals surface area contributed by atoms with Gasteiger partial charge in [0, 0.05) is 0 Å². The molecule has 0 heterocycles. The maximum absolute atomic E-state index is 5.63. The molecule has 3 N–H and O–H groups in total. The standard InChI is InChI=1S/C22H44N6O3/c1-16-14-17(23-26(29-11)20(2,3)4)19(25-28(31-13)22(8,9)10)18(15-16)24-27(30-12)21(5,6)7/h14-15,23-25H,1-13H3. The fraction of sp³-hybridized carbons (Fsp3) is 0.727. The van der Waals surface area contributed by atoms with Crippen LogP contribution in [0.2, 0.25) is 0 Å². The van der Waals surface area contributed by atoms with Crippen LogP contribution in [0.15, 0.2) is 12.1 Å². The van der Waals surface area contributed by atoms with Gasteiger partial charge in [-0.15, -0.1) is 0 Å². The number of hydrogen-bond acceptors (Lipinski definition) is 9. The molecule has 9 nitrogen and oxygen atoms in total. The highest BCUT2D eigenvalue weighted by atomic mass is 16.7.